The van der Waals surface area contributed by atoms with Crippen LogP contribution in [-0.2, 0) is 11.3 Å². The highest BCUT2D eigenvalue weighted by Gasteiger charge is 2.13. The summed E-state index contributed by atoms with van der Waals surface area (Å²) in [5, 5.41) is 4.13. The summed E-state index contributed by atoms with van der Waals surface area (Å²) in [5.41, 5.74) is 0.342. The number of hydrogen-bond acceptors (Lipinski definition) is 3. The summed E-state index contributed by atoms with van der Waals surface area (Å²) in [6, 6.07) is 11.7. The zero-order chi connectivity index (χ0) is 19.6. The van der Waals surface area contributed by atoms with Crippen molar-refractivity contribution in [2.75, 3.05) is 0 Å². The van der Waals surface area contributed by atoms with Gasteiger partial charge in [-0.3, -0.25) is 19.1 Å². The molecule has 0 spiro atoms. The highest BCUT2D eigenvalue weighted by Crippen LogP contribution is 2.25. The van der Waals surface area contributed by atoms with Crippen molar-refractivity contribution < 1.29 is 4.79 Å². The van der Waals surface area contributed by atoms with Crippen molar-refractivity contribution in [3.63, 3.8) is 0 Å². The minimum absolute atomic E-state index is 0.0849. The number of benzene rings is 2. The second-order valence-corrected chi connectivity index (χ2v) is 6.96. The lowest BCUT2D eigenvalue weighted by Crippen LogP contribution is -2.33. The van der Waals surface area contributed by atoms with Crippen LogP contribution in [0.15, 0.2) is 52.1 Å². The topological polar surface area (TPSA) is 84.0 Å². The molecule has 0 saturated carbocycles. The minimum atomic E-state index is -0.538. The third-order valence-corrected chi connectivity index (χ3v) is 5.03. The summed E-state index contributed by atoms with van der Waals surface area (Å²) in [4.78, 5) is 38.6. The molecule has 0 fully saturated rings. The maximum atomic E-state index is 12.3. The number of amides is 1. The van der Waals surface area contributed by atoms with Crippen molar-refractivity contribution in [3.8, 4) is 0 Å². The van der Waals surface area contributed by atoms with Crippen LogP contribution in [0.4, 0.5) is 0 Å². The van der Waals surface area contributed by atoms with Crippen molar-refractivity contribution >= 4 is 40.0 Å². The largest absolute Gasteiger partial charge is 0.350 e. The Labute approximate surface area is 164 Å². The summed E-state index contributed by atoms with van der Waals surface area (Å²) in [6.45, 7) is 1.98. The van der Waals surface area contributed by atoms with E-state index in [1.165, 1.54) is 4.57 Å². The lowest BCUT2D eigenvalue weighted by atomic mass is 10.1. The zero-order valence-corrected chi connectivity index (χ0v) is 16.0. The molecular formula is C19H17Cl2N3O3. The molecule has 1 atom stereocenters. The fraction of sp³-hybridized carbons (Fsp3) is 0.211. The molecule has 27 heavy (non-hydrogen) atoms. The van der Waals surface area contributed by atoms with Crippen molar-refractivity contribution in [1.29, 1.82) is 0 Å². The van der Waals surface area contributed by atoms with E-state index in [4.69, 9.17) is 23.2 Å². The Bertz CT molecular complexity index is 1120. The lowest BCUT2D eigenvalue weighted by molar-refractivity contribution is -0.121. The second-order valence-electron chi connectivity index (χ2n) is 6.14. The molecule has 0 aliphatic carbocycles. The predicted molar refractivity (Wildman–Crippen MR) is 106 cm³/mol. The number of H-pyrrole nitrogens is 1. The molecular weight excluding hydrogens is 389 g/mol. The quantitative estimate of drug-likeness (QED) is 0.682. The maximum Gasteiger partial charge on any atom is 0.328 e. The van der Waals surface area contributed by atoms with Gasteiger partial charge in [0.15, 0.2) is 0 Å². The summed E-state index contributed by atoms with van der Waals surface area (Å²) in [5.74, 6) is -0.226. The molecule has 0 unspecified atom stereocenters. The Hall–Kier alpha value is -2.57. The van der Waals surface area contributed by atoms with Crippen LogP contribution in [0.3, 0.4) is 0 Å². The number of fused-ring (bicyclic) bond motifs is 1. The normalized spacial score (nSPS) is 12.1. The van der Waals surface area contributed by atoms with Crippen molar-refractivity contribution in [2.45, 2.75) is 25.9 Å². The number of aromatic nitrogens is 2. The van der Waals surface area contributed by atoms with Crippen LogP contribution < -0.4 is 16.6 Å². The molecule has 6 nitrogen and oxygen atoms in total. The number of halogens is 2. The number of aromatic amines is 1. The third-order valence-electron chi connectivity index (χ3n) is 4.29. The number of aryl methyl sites for hydroxylation is 1. The molecule has 0 radical (unpaired) electrons. The van der Waals surface area contributed by atoms with Gasteiger partial charge in [-0.1, -0.05) is 41.4 Å². The Morgan fingerprint density at radius 1 is 1.15 bits per heavy atom. The minimum Gasteiger partial charge on any atom is -0.350 e. The SMILES string of the molecule is C[C@H](NC(=O)CCn1c(=O)[nH]c(=O)c2ccccc21)c1ccc(Cl)c(Cl)c1. The maximum absolute atomic E-state index is 12.3. The fourth-order valence-corrected chi connectivity index (χ4v) is 3.16. The van der Waals surface area contributed by atoms with E-state index in [9.17, 15) is 14.4 Å². The van der Waals surface area contributed by atoms with Crippen LogP contribution in [0.25, 0.3) is 10.9 Å². The van der Waals surface area contributed by atoms with E-state index in [0.717, 1.165) is 5.56 Å². The molecule has 3 rings (SSSR count). The van der Waals surface area contributed by atoms with Crippen LogP contribution >= 0.6 is 23.2 Å². The van der Waals surface area contributed by atoms with E-state index in [0.29, 0.717) is 20.9 Å². The Balaban J connectivity index is 1.73. The molecule has 3 aromatic rings. The summed E-state index contributed by atoms with van der Waals surface area (Å²) >= 11 is 11.9. The van der Waals surface area contributed by atoms with Gasteiger partial charge in [0.05, 0.1) is 27.0 Å². The van der Waals surface area contributed by atoms with Gasteiger partial charge in [0.1, 0.15) is 0 Å². The first-order chi connectivity index (χ1) is 12.9. The van der Waals surface area contributed by atoms with E-state index in [2.05, 4.69) is 10.3 Å². The number of nitrogens with zero attached hydrogens (tertiary/aromatic N) is 1. The highest BCUT2D eigenvalue weighted by molar-refractivity contribution is 6.42. The first-order valence-electron chi connectivity index (χ1n) is 8.33. The molecule has 1 aromatic heterocycles. The summed E-state index contributed by atoms with van der Waals surface area (Å²) in [7, 11) is 0. The Morgan fingerprint density at radius 3 is 2.63 bits per heavy atom. The molecule has 8 heteroatoms. The molecule has 2 N–H and O–H groups in total. The van der Waals surface area contributed by atoms with Gasteiger partial charge in [-0.25, -0.2) is 4.79 Å². The Morgan fingerprint density at radius 2 is 1.89 bits per heavy atom. The summed E-state index contributed by atoms with van der Waals surface area (Å²) < 4.78 is 1.39. The lowest BCUT2D eigenvalue weighted by Gasteiger charge is -2.15. The van der Waals surface area contributed by atoms with Gasteiger partial charge >= 0.3 is 5.69 Å². The summed E-state index contributed by atoms with van der Waals surface area (Å²) in [6.07, 6.45) is 0.0849. The van der Waals surface area contributed by atoms with Gasteiger partial charge in [0.2, 0.25) is 5.91 Å². The molecule has 140 valence electrons. The zero-order valence-electron chi connectivity index (χ0n) is 14.5. The number of rotatable bonds is 5. The van der Waals surface area contributed by atoms with Gasteiger partial charge in [-0.15, -0.1) is 0 Å². The first kappa shape index (κ1) is 19.2. The van der Waals surface area contributed by atoms with E-state index < -0.39 is 11.2 Å². The second kappa shape index (κ2) is 7.98. The molecule has 0 aliphatic rings. The third kappa shape index (κ3) is 4.23. The molecule has 0 bridgehead atoms. The molecule has 0 aliphatic heterocycles. The number of hydrogen-bond donors (Lipinski definition) is 2. The average Bonchev–Trinajstić information content (AvgIpc) is 2.63. The molecule has 0 saturated heterocycles. The van der Waals surface area contributed by atoms with Crippen molar-refractivity contribution in [1.82, 2.24) is 14.9 Å². The van der Waals surface area contributed by atoms with Crippen LogP contribution in [-0.4, -0.2) is 15.5 Å². The standard InChI is InChI=1S/C19H17Cl2N3O3/c1-11(12-6-7-14(20)15(21)10-12)22-17(25)8-9-24-16-5-3-2-4-13(16)18(26)23-19(24)27/h2-7,10-11H,8-9H2,1H3,(H,22,25)(H,23,26,27)/t11-/m0/s1. The van der Waals surface area contributed by atoms with Crippen LogP contribution in [0, 0.1) is 0 Å². The molecule has 1 heterocycles. The van der Waals surface area contributed by atoms with Crippen molar-refractivity contribution in [3.05, 3.63) is 78.9 Å². The van der Waals surface area contributed by atoms with Crippen LogP contribution in [0.2, 0.25) is 10.0 Å². The van der Waals surface area contributed by atoms with Gasteiger partial charge in [0, 0.05) is 13.0 Å². The van der Waals surface area contributed by atoms with E-state index >= 15 is 0 Å². The monoisotopic (exact) mass is 405 g/mol. The van der Waals surface area contributed by atoms with Gasteiger partial charge in [-0.05, 0) is 36.8 Å². The number of carbonyl (C=O) groups is 1. The average molecular weight is 406 g/mol. The number of carbonyl (C=O) groups excluding carboxylic acids is 1. The van der Waals surface area contributed by atoms with Crippen LogP contribution in [0.5, 0.6) is 0 Å². The predicted octanol–water partition coefficient (Wildman–Crippen LogP) is 3.26. The first-order valence-corrected chi connectivity index (χ1v) is 9.08. The van der Waals surface area contributed by atoms with Crippen LogP contribution in [0.1, 0.15) is 24.9 Å². The highest BCUT2D eigenvalue weighted by atomic mass is 35.5. The van der Waals surface area contributed by atoms with E-state index in [1.807, 2.05) is 6.92 Å². The van der Waals surface area contributed by atoms with E-state index in [-0.39, 0.29) is 24.9 Å². The smallest absolute Gasteiger partial charge is 0.328 e. The van der Waals surface area contributed by atoms with Gasteiger partial charge < -0.3 is 5.32 Å². The van der Waals surface area contributed by atoms with E-state index in [1.54, 1.807) is 42.5 Å². The van der Waals surface area contributed by atoms with Crippen molar-refractivity contribution in [2.24, 2.45) is 0 Å². The molecule has 2 aromatic carbocycles. The van der Waals surface area contributed by atoms with Gasteiger partial charge in [0.25, 0.3) is 5.56 Å². The number of nitrogens with one attached hydrogen (secondary N) is 2. The number of para-hydroxylation sites is 1. The Kier molecular flexibility index (Phi) is 5.68. The van der Waals surface area contributed by atoms with Gasteiger partial charge in [-0.2, -0.15) is 0 Å². The fourth-order valence-electron chi connectivity index (χ4n) is 2.86. The molecule has 1 amide bonds.